The van der Waals surface area contributed by atoms with Crippen LogP contribution in [0.25, 0.3) is 0 Å². The molecule has 1 N–H and O–H groups in total. The van der Waals surface area contributed by atoms with Gasteiger partial charge in [0.1, 0.15) is 0 Å². The summed E-state index contributed by atoms with van der Waals surface area (Å²) < 4.78 is 30.1. The number of nitrogens with zero attached hydrogens (tertiary/aromatic N) is 1. The molecule has 0 aromatic rings. The maximum absolute atomic E-state index is 10.7. The normalized spacial score (nSPS) is 26.6. The second-order valence-corrected chi connectivity index (χ2v) is 5.96. The van der Waals surface area contributed by atoms with Crippen LogP contribution in [0.3, 0.4) is 0 Å². The fraction of sp³-hybridized carbons (Fsp3) is 1.00. The first-order chi connectivity index (χ1) is 6.54. The van der Waals surface area contributed by atoms with Crippen molar-refractivity contribution < 1.29 is 13.0 Å². The second kappa shape index (κ2) is 3.79. The Morgan fingerprint density at radius 2 is 1.71 bits per heavy atom. The van der Waals surface area contributed by atoms with Crippen molar-refractivity contribution in [3.8, 4) is 0 Å². The third-order valence-corrected chi connectivity index (χ3v) is 4.05. The van der Waals surface area contributed by atoms with Gasteiger partial charge in [-0.25, -0.2) is 0 Å². The van der Waals surface area contributed by atoms with E-state index in [0.717, 1.165) is 32.0 Å². The number of rotatable bonds is 3. The SMILES string of the molecule is O=S(=O)(O)CC1CCN(C2CC2)CC1. The van der Waals surface area contributed by atoms with Crippen molar-refractivity contribution in [2.24, 2.45) is 5.92 Å². The lowest BCUT2D eigenvalue weighted by Gasteiger charge is -2.31. The van der Waals surface area contributed by atoms with Gasteiger partial charge in [-0.1, -0.05) is 0 Å². The summed E-state index contributed by atoms with van der Waals surface area (Å²) >= 11 is 0. The van der Waals surface area contributed by atoms with Crippen LogP contribution in [0.2, 0.25) is 0 Å². The summed E-state index contributed by atoms with van der Waals surface area (Å²) in [5.74, 6) is 0.117. The van der Waals surface area contributed by atoms with Gasteiger partial charge in [0.05, 0.1) is 5.75 Å². The van der Waals surface area contributed by atoms with E-state index in [1.807, 2.05) is 0 Å². The van der Waals surface area contributed by atoms with Crippen molar-refractivity contribution >= 4 is 10.1 Å². The molecule has 1 saturated heterocycles. The molecule has 2 aliphatic rings. The molecule has 0 aromatic heterocycles. The van der Waals surface area contributed by atoms with Crippen molar-refractivity contribution in [2.75, 3.05) is 18.8 Å². The molecule has 1 heterocycles. The Bertz CT molecular complexity index is 289. The number of likely N-dealkylation sites (tertiary alicyclic amines) is 1. The molecule has 5 heteroatoms. The van der Waals surface area contributed by atoms with Gasteiger partial charge in [0.25, 0.3) is 10.1 Å². The zero-order valence-electron chi connectivity index (χ0n) is 8.22. The minimum absolute atomic E-state index is 0.0501. The second-order valence-electron chi connectivity index (χ2n) is 4.46. The maximum Gasteiger partial charge on any atom is 0.265 e. The van der Waals surface area contributed by atoms with Gasteiger partial charge in [0.2, 0.25) is 0 Å². The summed E-state index contributed by atoms with van der Waals surface area (Å²) in [4.78, 5) is 2.44. The Morgan fingerprint density at radius 1 is 1.14 bits per heavy atom. The highest BCUT2D eigenvalue weighted by Crippen LogP contribution is 2.30. The van der Waals surface area contributed by atoms with Crippen LogP contribution >= 0.6 is 0 Å². The van der Waals surface area contributed by atoms with Gasteiger partial charge in [-0.05, 0) is 44.7 Å². The van der Waals surface area contributed by atoms with Gasteiger partial charge in [0.15, 0.2) is 0 Å². The first-order valence-corrected chi connectivity index (χ1v) is 6.85. The van der Waals surface area contributed by atoms with Crippen LogP contribution in [0, 0.1) is 5.92 Å². The van der Waals surface area contributed by atoms with E-state index in [1.165, 1.54) is 12.8 Å². The molecule has 82 valence electrons. The standard InChI is InChI=1S/C9H17NO3S/c11-14(12,13)7-8-3-5-10(6-4-8)9-1-2-9/h8-9H,1-7H2,(H,11,12,13). The predicted octanol–water partition coefficient (Wildman–Crippen LogP) is 0.749. The minimum Gasteiger partial charge on any atom is -0.300 e. The quantitative estimate of drug-likeness (QED) is 0.712. The first-order valence-electron chi connectivity index (χ1n) is 5.24. The number of hydrogen-bond acceptors (Lipinski definition) is 3. The van der Waals surface area contributed by atoms with Gasteiger partial charge in [-0.15, -0.1) is 0 Å². The van der Waals surface area contributed by atoms with Crippen LogP contribution in [-0.2, 0) is 10.1 Å². The van der Waals surface area contributed by atoms with Gasteiger partial charge >= 0.3 is 0 Å². The molecule has 14 heavy (non-hydrogen) atoms. The monoisotopic (exact) mass is 219 g/mol. The molecule has 2 rings (SSSR count). The molecule has 2 fully saturated rings. The van der Waals surface area contributed by atoms with Gasteiger partial charge < -0.3 is 4.90 Å². The zero-order valence-corrected chi connectivity index (χ0v) is 9.04. The molecule has 1 aliphatic carbocycles. The molecular weight excluding hydrogens is 202 g/mol. The van der Waals surface area contributed by atoms with Crippen LogP contribution in [0.1, 0.15) is 25.7 Å². The van der Waals surface area contributed by atoms with E-state index in [4.69, 9.17) is 4.55 Å². The van der Waals surface area contributed by atoms with E-state index in [-0.39, 0.29) is 11.7 Å². The van der Waals surface area contributed by atoms with Crippen molar-refractivity contribution in [3.05, 3.63) is 0 Å². The average molecular weight is 219 g/mol. The third-order valence-electron chi connectivity index (χ3n) is 3.16. The maximum atomic E-state index is 10.7. The van der Waals surface area contributed by atoms with Gasteiger partial charge in [0, 0.05) is 6.04 Å². The highest BCUT2D eigenvalue weighted by atomic mass is 32.2. The molecule has 0 bridgehead atoms. The Morgan fingerprint density at radius 3 is 2.14 bits per heavy atom. The Kier molecular flexibility index (Phi) is 2.81. The van der Waals surface area contributed by atoms with E-state index in [9.17, 15) is 8.42 Å². The first kappa shape index (κ1) is 10.4. The van der Waals surface area contributed by atoms with E-state index < -0.39 is 10.1 Å². The van der Waals surface area contributed by atoms with Crippen molar-refractivity contribution in [3.63, 3.8) is 0 Å². The molecule has 1 aliphatic heterocycles. The summed E-state index contributed by atoms with van der Waals surface area (Å²) in [6.07, 6.45) is 4.44. The third kappa shape index (κ3) is 2.93. The summed E-state index contributed by atoms with van der Waals surface area (Å²) in [7, 11) is -3.76. The van der Waals surface area contributed by atoms with Crippen molar-refractivity contribution in [1.29, 1.82) is 0 Å². The van der Waals surface area contributed by atoms with E-state index in [0.29, 0.717) is 0 Å². The summed E-state index contributed by atoms with van der Waals surface area (Å²) in [5, 5.41) is 0. The Labute approximate surface area is 85.0 Å². The summed E-state index contributed by atoms with van der Waals surface area (Å²) in [6.45, 7) is 2.01. The predicted molar refractivity (Wildman–Crippen MR) is 53.7 cm³/mol. The Balaban J connectivity index is 1.77. The summed E-state index contributed by atoms with van der Waals surface area (Å²) in [5.41, 5.74) is 0. The van der Waals surface area contributed by atoms with Crippen LogP contribution in [0.15, 0.2) is 0 Å². The molecule has 4 nitrogen and oxygen atoms in total. The molecule has 0 amide bonds. The lowest BCUT2D eigenvalue weighted by atomic mass is 9.99. The van der Waals surface area contributed by atoms with E-state index >= 15 is 0 Å². The lowest BCUT2D eigenvalue weighted by Crippen LogP contribution is -2.37. The fourth-order valence-corrected chi connectivity index (χ4v) is 3.15. The molecule has 0 radical (unpaired) electrons. The number of hydrogen-bond donors (Lipinski definition) is 1. The Hall–Kier alpha value is -0.130. The van der Waals surface area contributed by atoms with Crippen LogP contribution < -0.4 is 0 Å². The molecule has 1 saturated carbocycles. The van der Waals surface area contributed by atoms with E-state index in [2.05, 4.69) is 4.90 Å². The van der Waals surface area contributed by atoms with E-state index in [1.54, 1.807) is 0 Å². The molecule has 0 spiro atoms. The van der Waals surface area contributed by atoms with Crippen LogP contribution in [-0.4, -0.2) is 42.8 Å². The zero-order chi connectivity index (χ0) is 10.2. The minimum atomic E-state index is -3.76. The topological polar surface area (TPSA) is 57.6 Å². The molecule has 0 unspecified atom stereocenters. The number of piperidine rings is 1. The van der Waals surface area contributed by atoms with Gasteiger partial charge in [-0.3, -0.25) is 4.55 Å². The average Bonchev–Trinajstić information content (AvgIpc) is 2.85. The molecule has 0 aromatic carbocycles. The van der Waals surface area contributed by atoms with Gasteiger partial charge in [-0.2, -0.15) is 8.42 Å². The molecular formula is C9H17NO3S. The van der Waals surface area contributed by atoms with Crippen molar-refractivity contribution in [1.82, 2.24) is 4.90 Å². The fourth-order valence-electron chi connectivity index (χ4n) is 2.22. The smallest absolute Gasteiger partial charge is 0.265 e. The summed E-state index contributed by atoms with van der Waals surface area (Å²) in [6, 6.07) is 0.779. The van der Waals surface area contributed by atoms with Crippen LogP contribution in [0.4, 0.5) is 0 Å². The highest BCUT2D eigenvalue weighted by molar-refractivity contribution is 7.85. The van der Waals surface area contributed by atoms with Crippen molar-refractivity contribution in [2.45, 2.75) is 31.7 Å². The highest BCUT2D eigenvalue weighted by Gasteiger charge is 2.32. The largest absolute Gasteiger partial charge is 0.300 e. The van der Waals surface area contributed by atoms with Crippen LogP contribution in [0.5, 0.6) is 0 Å². The lowest BCUT2D eigenvalue weighted by molar-refractivity contribution is 0.184. The molecule has 0 atom stereocenters.